The van der Waals surface area contributed by atoms with Crippen molar-refractivity contribution in [2.45, 2.75) is 25.3 Å². The molecule has 2 aromatic carbocycles. The predicted octanol–water partition coefficient (Wildman–Crippen LogP) is 4.10. The van der Waals surface area contributed by atoms with Gasteiger partial charge in [-0.3, -0.25) is 9.52 Å². The van der Waals surface area contributed by atoms with E-state index in [0.717, 1.165) is 15.3 Å². The van der Waals surface area contributed by atoms with Gasteiger partial charge in [-0.15, -0.1) is 11.3 Å². The molecule has 0 aliphatic rings. The molecule has 0 saturated carbocycles. The van der Waals surface area contributed by atoms with Crippen LogP contribution in [-0.2, 0) is 16.6 Å². The average Bonchev–Trinajstić information content (AvgIpc) is 3.12. The summed E-state index contributed by atoms with van der Waals surface area (Å²) in [6.45, 7) is 4.30. The number of benzene rings is 2. The van der Waals surface area contributed by atoms with Crippen LogP contribution in [-0.4, -0.2) is 21.4 Å². The highest BCUT2D eigenvalue weighted by Gasteiger charge is 2.22. The van der Waals surface area contributed by atoms with Gasteiger partial charge in [0.05, 0.1) is 13.7 Å². The fraction of sp³-hybridized carbons (Fsp3) is 0.190. The third-order valence-corrected chi connectivity index (χ3v) is 6.64. The number of hydrogen-bond donors (Lipinski definition) is 2. The second-order valence-corrected chi connectivity index (χ2v) is 9.56. The van der Waals surface area contributed by atoms with Crippen molar-refractivity contribution in [3.63, 3.8) is 0 Å². The van der Waals surface area contributed by atoms with Crippen LogP contribution in [0.25, 0.3) is 0 Å². The maximum Gasteiger partial charge on any atom is 0.265 e. The van der Waals surface area contributed by atoms with E-state index < -0.39 is 10.0 Å². The van der Waals surface area contributed by atoms with Crippen LogP contribution >= 0.6 is 11.3 Å². The summed E-state index contributed by atoms with van der Waals surface area (Å²) in [5.74, 6) is -0.194. The number of methoxy groups -OCH3 is 1. The molecule has 0 radical (unpaired) electrons. The number of carbonyl (C=O) groups is 1. The highest BCUT2D eigenvalue weighted by atomic mass is 32.2. The monoisotopic (exact) mass is 430 g/mol. The van der Waals surface area contributed by atoms with E-state index in [0.29, 0.717) is 12.2 Å². The number of thiophene rings is 1. The summed E-state index contributed by atoms with van der Waals surface area (Å²) in [4.78, 5) is 14.6. The van der Waals surface area contributed by atoms with E-state index in [9.17, 15) is 13.2 Å². The van der Waals surface area contributed by atoms with Crippen LogP contribution in [0.3, 0.4) is 0 Å². The van der Waals surface area contributed by atoms with Crippen LogP contribution in [0.15, 0.2) is 59.5 Å². The van der Waals surface area contributed by atoms with Crippen molar-refractivity contribution >= 4 is 33.0 Å². The zero-order chi connectivity index (χ0) is 21.0. The number of hydrogen-bond acceptors (Lipinski definition) is 5. The summed E-state index contributed by atoms with van der Waals surface area (Å²) in [6.07, 6.45) is 0. The van der Waals surface area contributed by atoms with Gasteiger partial charge >= 0.3 is 0 Å². The van der Waals surface area contributed by atoms with Crippen molar-refractivity contribution in [1.29, 1.82) is 0 Å². The van der Waals surface area contributed by atoms with Crippen LogP contribution in [0, 0.1) is 13.8 Å². The number of anilines is 1. The highest BCUT2D eigenvalue weighted by molar-refractivity contribution is 7.92. The van der Waals surface area contributed by atoms with E-state index in [1.807, 2.05) is 38.1 Å². The Kier molecular flexibility index (Phi) is 6.24. The van der Waals surface area contributed by atoms with E-state index in [4.69, 9.17) is 4.74 Å². The Morgan fingerprint density at radius 3 is 2.38 bits per heavy atom. The van der Waals surface area contributed by atoms with Crippen molar-refractivity contribution in [2.24, 2.45) is 0 Å². The first kappa shape index (κ1) is 20.9. The molecule has 3 rings (SSSR count). The Bertz CT molecular complexity index is 1120. The van der Waals surface area contributed by atoms with Gasteiger partial charge in [0.2, 0.25) is 0 Å². The number of sulfonamides is 1. The van der Waals surface area contributed by atoms with Crippen LogP contribution < -0.4 is 14.8 Å². The minimum absolute atomic E-state index is 0.0970. The number of aryl methyl sites for hydroxylation is 2. The Balaban J connectivity index is 1.83. The summed E-state index contributed by atoms with van der Waals surface area (Å²) in [5, 5.41) is 2.82. The SMILES string of the molecule is COc1ccc(C(=O)NCc2ccc(C)s2)cc1S(=O)(=O)Nc1ccc(C)cc1. The second kappa shape index (κ2) is 8.67. The molecule has 3 aromatic rings. The van der Waals surface area contributed by atoms with Crippen LogP contribution in [0.2, 0.25) is 0 Å². The second-order valence-electron chi connectivity index (χ2n) is 6.53. The van der Waals surface area contributed by atoms with Gasteiger partial charge in [-0.05, 0) is 56.3 Å². The van der Waals surface area contributed by atoms with Crippen molar-refractivity contribution in [1.82, 2.24) is 5.32 Å². The minimum Gasteiger partial charge on any atom is -0.495 e. The molecule has 1 heterocycles. The molecule has 0 aliphatic heterocycles. The lowest BCUT2D eigenvalue weighted by Crippen LogP contribution is -2.23. The molecule has 152 valence electrons. The third kappa shape index (κ3) is 5.16. The quantitative estimate of drug-likeness (QED) is 0.591. The van der Waals surface area contributed by atoms with Crippen molar-refractivity contribution < 1.29 is 17.9 Å². The molecule has 0 aliphatic carbocycles. The van der Waals surface area contributed by atoms with Crippen LogP contribution in [0.4, 0.5) is 5.69 Å². The maximum absolute atomic E-state index is 12.9. The molecular weight excluding hydrogens is 408 g/mol. The Hall–Kier alpha value is -2.84. The molecule has 0 bridgehead atoms. The lowest BCUT2D eigenvalue weighted by Gasteiger charge is -2.13. The average molecular weight is 431 g/mol. The van der Waals surface area contributed by atoms with Gasteiger partial charge < -0.3 is 10.1 Å². The van der Waals surface area contributed by atoms with E-state index >= 15 is 0 Å². The Morgan fingerprint density at radius 1 is 1.03 bits per heavy atom. The fourth-order valence-corrected chi connectivity index (χ4v) is 4.79. The molecule has 2 N–H and O–H groups in total. The summed E-state index contributed by atoms with van der Waals surface area (Å²) >= 11 is 1.60. The molecule has 0 saturated heterocycles. The lowest BCUT2D eigenvalue weighted by molar-refractivity contribution is 0.0951. The number of rotatable bonds is 7. The van der Waals surface area contributed by atoms with Gasteiger partial charge in [-0.1, -0.05) is 17.7 Å². The predicted molar refractivity (Wildman–Crippen MR) is 115 cm³/mol. The molecule has 1 aromatic heterocycles. The van der Waals surface area contributed by atoms with Gasteiger partial charge in [-0.2, -0.15) is 0 Å². The zero-order valence-electron chi connectivity index (χ0n) is 16.4. The molecule has 8 heteroatoms. The Labute approximate surface area is 174 Å². The van der Waals surface area contributed by atoms with E-state index in [1.54, 1.807) is 29.5 Å². The largest absolute Gasteiger partial charge is 0.495 e. The van der Waals surface area contributed by atoms with E-state index in [1.165, 1.54) is 19.2 Å². The molecule has 0 atom stereocenters. The number of carbonyl (C=O) groups excluding carboxylic acids is 1. The summed E-state index contributed by atoms with van der Waals surface area (Å²) in [5.41, 5.74) is 1.69. The van der Waals surface area contributed by atoms with Crippen molar-refractivity contribution in [2.75, 3.05) is 11.8 Å². The number of amides is 1. The minimum atomic E-state index is -3.94. The van der Waals surface area contributed by atoms with Gasteiger partial charge in [0.1, 0.15) is 10.6 Å². The third-order valence-electron chi connectivity index (χ3n) is 4.24. The van der Waals surface area contributed by atoms with Gasteiger partial charge in [0, 0.05) is 21.0 Å². The standard InChI is InChI=1S/C21H22N2O4S2/c1-14-4-8-17(9-5-14)23-29(25,26)20-12-16(7-11-19(20)27-3)21(24)22-13-18-10-6-15(2)28-18/h4-12,23H,13H2,1-3H3,(H,22,24). The molecule has 0 fully saturated rings. The smallest absolute Gasteiger partial charge is 0.265 e. The topological polar surface area (TPSA) is 84.5 Å². The molecule has 0 spiro atoms. The fourth-order valence-electron chi connectivity index (χ4n) is 2.71. The number of nitrogens with one attached hydrogen (secondary N) is 2. The van der Waals surface area contributed by atoms with E-state index in [-0.39, 0.29) is 22.1 Å². The van der Waals surface area contributed by atoms with Crippen molar-refractivity contribution in [3.05, 3.63) is 75.5 Å². The van der Waals surface area contributed by atoms with Crippen LogP contribution in [0.5, 0.6) is 5.75 Å². The summed E-state index contributed by atoms with van der Waals surface area (Å²) < 4.78 is 33.5. The Morgan fingerprint density at radius 2 is 1.76 bits per heavy atom. The first-order valence-electron chi connectivity index (χ1n) is 8.89. The zero-order valence-corrected chi connectivity index (χ0v) is 18.0. The molecule has 1 amide bonds. The van der Waals surface area contributed by atoms with Gasteiger partial charge in [0.15, 0.2) is 0 Å². The normalized spacial score (nSPS) is 11.1. The summed E-state index contributed by atoms with van der Waals surface area (Å²) in [7, 11) is -2.55. The van der Waals surface area contributed by atoms with E-state index in [2.05, 4.69) is 10.0 Å². The maximum atomic E-state index is 12.9. The number of ether oxygens (including phenoxy) is 1. The first-order chi connectivity index (χ1) is 13.8. The molecule has 0 unspecified atom stereocenters. The van der Waals surface area contributed by atoms with Crippen LogP contribution in [0.1, 0.15) is 25.7 Å². The first-order valence-corrected chi connectivity index (χ1v) is 11.2. The molecule has 29 heavy (non-hydrogen) atoms. The molecular formula is C21H22N2O4S2. The van der Waals surface area contributed by atoms with Gasteiger partial charge in [0.25, 0.3) is 15.9 Å². The molecule has 6 nitrogen and oxygen atoms in total. The summed E-state index contributed by atoms with van der Waals surface area (Å²) in [6, 6.07) is 15.3. The lowest BCUT2D eigenvalue weighted by atomic mass is 10.2. The van der Waals surface area contributed by atoms with Crippen molar-refractivity contribution in [3.8, 4) is 5.75 Å². The van der Waals surface area contributed by atoms with Gasteiger partial charge in [-0.25, -0.2) is 8.42 Å². The highest BCUT2D eigenvalue weighted by Crippen LogP contribution is 2.27.